The Balaban J connectivity index is 1.87. The van der Waals surface area contributed by atoms with Gasteiger partial charge in [-0.1, -0.05) is 55.8 Å². The quantitative estimate of drug-likeness (QED) is 0.249. The number of hydrogen-bond donors (Lipinski definition) is 0. The van der Waals surface area contributed by atoms with Gasteiger partial charge in [-0.3, -0.25) is 0 Å². The standard InChI is InChI=1S/C28H26ClFO2S/c1-4-18-11-12-22(19-8-7-9-20(16-19)28(31)32-6-3)27-26(18)21(5-2)25(33-27)15-17-10-13-24(30)23(29)14-17/h7-14,16H,4-6,15H2,1-3H3. The average Bonchev–Trinajstić information content (AvgIpc) is 3.19. The third-order valence-corrected chi connectivity index (χ3v) is 7.43. The monoisotopic (exact) mass is 480 g/mol. The third-order valence-electron chi connectivity index (χ3n) is 5.88. The van der Waals surface area contributed by atoms with Gasteiger partial charge in [0.05, 0.1) is 17.2 Å². The largest absolute Gasteiger partial charge is 0.462 e. The van der Waals surface area contributed by atoms with Crippen molar-refractivity contribution in [2.24, 2.45) is 0 Å². The molecule has 0 unspecified atom stereocenters. The topological polar surface area (TPSA) is 26.3 Å². The van der Waals surface area contributed by atoms with Crippen molar-refractivity contribution in [1.82, 2.24) is 0 Å². The van der Waals surface area contributed by atoms with Gasteiger partial charge in [0, 0.05) is 16.0 Å². The minimum atomic E-state index is -0.399. The van der Waals surface area contributed by atoms with E-state index in [9.17, 15) is 9.18 Å². The number of carbonyl (C=O) groups is 1. The zero-order valence-corrected chi connectivity index (χ0v) is 20.6. The van der Waals surface area contributed by atoms with Crippen molar-refractivity contribution in [2.45, 2.75) is 40.0 Å². The number of halogens is 2. The molecule has 4 aromatic rings. The molecule has 170 valence electrons. The molecule has 0 atom stereocenters. The number of thiophene rings is 1. The second-order valence-electron chi connectivity index (χ2n) is 7.91. The van der Waals surface area contributed by atoms with Crippen molar-refractivity contribution in [1.29, 1.82) is 0 Å². The first kappa shape index (κ1) is 23.5. The molecule has 2 nitrogen and oxygen atoms in total. The van der Waals surface area contributed by atoms with Crippen molar-refractivity contribution in [3.63, 3.8) is 0 Å². The van der Waals surface area contributed by atoms with E-state index in [1.807, 2.05) is 25.1 Å². The lowest BCUT2D eigenvalue weighted by Gasteiger charge is -2.10. The van der Waals surface area contributed by atoms with E-state index in [0.717, 1.165) is 29.5 Å². The number of hydrogen-bond acceptors (Lipinski definition) is 3. The van der Waals surface area contributed by atoms with Gasteiger partial charge in [0.1, 0.15) is 5.82 Å². The fourth-order valence-electron chi connectivity index (χ4n) is 4.29. The van der Waals surface area contributed by atoms with Crippen LogP contribution in [0.3, 0.4) is 0 Å². The van der Waals surface area contributed by atoms with Gasteiger partial charge in [-0.15, -0.1) is 11.3 Å². The Hall–Kier alpha value is -2.69. The molecule has 1 aromatic heterocycles. The van der Waals surface area contributed by atoms with Crippen molar-refractivity contribution in [3.8, 4) is 11.1 Å². The summed E-state index contributed by atoms with van der Waals surface area (Å²) in [4.78, 5) is 13.6. The summed E-state index contributed by atoms with van der Waals surface area (Å²) in [5.41, 5.74) is 6.29. The number of esters is 1. The van der Waals surface area contributed by atoms with Crippen LogP contribution in [0.1, 0.15) is 52.7 Å². The van der Waals surface area contributed by atoms with E-state index in [4.69, 9.17) is 16.3 Å². The molecule has 4 rings (SSSR count). The summed E-state index contributed by atoms with van der Waals surface area (Å²) in [6, 6.07) is 16.9. The molecule has 0 fully saturated rings. The molecule has 33 heavy (non-hydrogen) atoms. The summed E-state index contributed by atoms with van der Waals surface area (Å²) in [5, 5.41) is 1.45. The lowest BCUT2D eigenvalue weighted by Crippen LogP contribution is -2.04. The highest BCUT2D eigenvalue weighted by molar-refractivity contribution is 7.20. The Labute approximate surface area is 203 Å². The Morgan fingerprint density at radius 3 is 2.55 bits per heavy atom. The minimum Gasteiger partial charge on any atom is -0.462 e. The normalized spacial score (nSPS) is 11.2. The van der Waals surface area contributed by atoms with Gasteiger partial charge in [-0.25, -0.2) is 9.18 Å². The van der Waals surface area contributed by atoms with Crippen LogP contribution in [0.25, 0.3) is 21.2 Å². The molecular formula is C28H26ClFO2S. The van der Waals surface area contributed by atoms with Crippen LogP contribution in [0, 0.1) is 5.82 Å². The van der Waals surface area contributed by atoms with Gasteiger partial charge in [0.2, 0.25) is 0 Å². The maximum Gasteiger partial charge on any atom is 0.338 e. The van der Waals surface area contributed by atoms with E-state index in [-0.39, 0.29) is 11.0 Å². The number of rotatable bonds is 7. The molecule has 0 aliphatic carbocycles. The summed E-state index contributed by atoms with van der Waals surface area (Å²) in [7, 11) is 0. The predicted molar refractivity (Wildman–Crippen MR) is 136 cm³/mol. The summed E-state index contributed by atoms with van der Waals surface area (Å²) in [5.74, 6) is -0.709. The fraction of sp³-hybridized carbons (Fsp3) is 0.250. The highest BCUT2D eigenvalue weighted by Crippen LogP contribution is 2.42. The van der Waals surface area contributed by atoms with Crippen LogP contribution < -0.4 is 0 Å². The summed E-state index contributed by atoms with van der Waals surface area (Å²) < 4.78 is 20.1. The molecule has 0 radical (unpaired) electrons. The van der Waals surface area contributed by atoms with E-state index >= 15 is 0 Å². The smallest absolute Gasteiger partial charge is 0.338 e. The first-order valence-corrected chi connectivity index (χ1v) is 12.4. The fourth-order valence-corrected chi connectivity index (χ4v) is 6.00. The third kappa shape index (κ3) is 4.68. The van der Waals surface area contributed by atoms with Crippen molar-refractivity contribution >= 4 is 39.0 Å². The molecule has 0 aliphatic heterocycles. The van der Waals surface area contributed by atoms with E-state index in [0.29, 0.717) is 18.6 Å². The molecular weight excluding hydrogens is 455 g/mol. The second-order valence-corrected chi connectivity index (χ2v) is 9.43. The van der Waals surface area contributed by atoms with E-state index in [1.165, 1.54) is 32.2 Å². The van der Waals surface area contributed by atoms with E-state index in [2.05, 4.69) is 26.0 Å². The average molecular weight is 481 g/mol. The molecule has 3 aromatic carbocycles. The SMILES string of the molecule is CCOC(=O)c1cccc(-c2ccc(CC)c3c(CC)c(Cc4ccc(F)c(Cl)c4)sc23)c1. The Morgan fingerprint density at radius 2 is 1.85 bits per heavy atom. The first-order valence-electron chi connectivity index (χ1n) is 11.2. The number of carbonyl (C=O) groups excluding carboxylic acids is 1. The van der Waals surface area contributed by atoms with Gasteiger partial charge >= 0.3 is 5.97 Å². The van der Waals surface area contributed by atoms with Gasteiger partial charge in [0.25, 0.3) is 0 Å². The van der Waals surface area contributed by atoms with Gasteiger partial charge in [0.15, 0.2) is 0 Å². The number of ether oxygens (including phenoxy) is 1. The van der Waals surface area contributed by atoms with Crippen LogP contribution in [0.2, 0.25) is 5.02 Å². The highest BCUT2D eigenvalue weighted by Gasteiger charge is 2.19. The first-order chi connectivity index (χ1) is 16.0. The van der Waals surface area contributed by atoms with Crippen molar-refractivity contribution in [2.75, 3.05) is 6.61 Å². The van der Waals surface area contributed by atoms with Crippen LogP contribution in [0.5, 0.6) is 0 Å². The van der Waals surface area contributed by atoms with Crippen LogP contribution in [-0.4, -0.2) is 12.6 Å². The molecule has 5 heteroatoms. The Bertz CT molecular complexity index is 1330. The Kier molecular flexibility index (Phi) is 7.16. The Morgan fingerprint density at radius 1 is 1.03 bits per heavy atom. The summed E-state index contributed by atoms with van der Waals surface area (Å²) in [6.45, 7) is 6.51. The number of benzene rings is 3. The van der Waals surface area contributed by atoms with Crippen LogP contribution in [-0.2, 0) is 24.0 Å². The number of fused-ring (bicyclic) bond motifs is 1. The zero-order valence-electron chi connectivity index (χ0n) is 19.0. The molecule has 0 amide bonds. The lowest BCUT2D eigenvalue weighted by molar-refractivity contribution is 0.0526. The van der Waals surface area contributed by atoms with Gasteiger partial charge in [-0.2, -0.15) is 0 Å². The molecule has 0 bridgehead atoms. The molecule has 1 heterocycles. The summed E-state index contributed by atoms with van der Waals surface area (Å²) >= 11 is 7.81. The summed E-state index contributed by atoms with van der Waals surface area (Å²) in [6.07, 6.45) is 2.54. The maximum atomic E-state index is 13.7. The van der Waals surface area contributed by atoms with E-state index < -0.39 is 5.82 Å². The molecule has 0 saturated carbocycles. The minimum absolute atomic E-state index is 0.150. The second kappa shape index (κ2) is 10.1. The number of aryl methyl sites for hydroxylation is 2. The zero-order chi connectivity index (χ0) is 23.5. The highest BCUT2D eigenvalue weighted by atomic mass is 35.5. The molecule has 0 saturated heterocycles. The maximum absolute atomic E-state index is 13.7. The van der Waals surface area contributed by atoms with Crippen LogP contribution in [0.4, 0.5) is 4.39 Å². The molecule has 0 spiro atoms. The van der Waals surface area contributed by atoms with E-state index in [1.54, 1.807) is 29.5 Å². The van der Waals surface area contributed by atoms with Crippen LogP contribution in [0.15, 0.2) is 54.6 Å². The van der Waals surface area contributed by atoms with Crippen molar-refractivity contribution in [3.05, 3.63) is 92.6 Å². The van der Waals surface area contributed by atoms with Crippen molar-refractivity contribution < 1.29 is 13.9 Å². The van der Waals surface area contributed by atoms with Gasteiger partial charge in [-0.05, 0) is 77.2 Å². The van der Waals surface area contributed by atoms with Crippen LogP contribution >= 0.6 is 22.9 Å². The molecule has 0 aliphatic rings. The van der Waals surface area contributed by atoms with Gasteiger partial charge < -0.3 is 4.74 Å². The lowest BCUT2D eigenvalue weighted by atomic mass is 9.94. The predicted octanol–water partition coefficient (Wildman–Crippen LogP) is 8.25. The molecule has 0 N–H and O–H groups in total.